The van der Waals surface area contributed by atoms with Gasteiger partial charge in [-0.2, -0.15) is 0 Å². The molecule has 3 aromatic rings. The van der Waals surface area contributed by atoms with Gasteiger partial charge in [-0.25, -0.2) is 0 Å². The summed E-state index contributed by atoms with van der Waals surface area (Å²) in [6.45, 7) is 1.83. The van der Waals surface area contributed by atoms with Crippen LogP contribution in [0.3, 0.4) is 0 Å². The first-order chi connectivity index (χ1) is 13.2. The van der Waals surface area contributed by atoms with Crippen molar-refractivity contribution in [2.45, 2.75) is 19.5 Å². The number of rotatable bonds is 5. The summed E-state index contributed by atoms with van der Waals surface area (Å²) < 4.78 is 13.1. The van der Waals surface area contributed by atoms with Gasteiger partial charge in [-0.05, 0) is 23.8 Å². The molecule has 1 aromatic heterocycles. The molecule has 1 N–H and O–H groups in total. The fourth-order valence-electron chi connectivity index (χ4n) is 3.23. The van der Waals surface area contributed by atoms with Crippen LogP contribution in [0.15, 0.2) is 48.7 Å². The maximum Gasteiger partial charge on any atom is 0.240 e. The van der Waals surface area contributed by atoms with Gasteiger partial charge in [0.25, 0.3) is 0 Å². The lowest BCUT2D eigenvalue weighted by molar-refractivity contribution is -0.121. The van der Waals surface area contributed by atoms with Gasteiger partial charge in [0.15, 0.2) is 17.8 Å². The molecule has 138 valence electrons. The second kappa shape index (κ2) is 7.53. The van der Waals surface area contributed by atoms with E-state index < -0.39 is 0 Å². The van der Waals surface area contributed by atoms with E-state index in [9.17, 15) is 9.59 Å². The van der Waals surface area contributed by atoms with E-state index in [1.807, 2.05) is 42.5 Å². The molecule has 0 atom stereocenters. The van der Waals surface area contributed by atoms with Crippen LogP contribution >= 0.6 is 0 Å². The third-order valence-electron chi connectivity index (χ3n) is 4.56. The molecule has 0 saturated carbocycles. The fourth-order valence-corrected chi connectivity index (χ4v) is 3.23. The molecule has 0 spiro atoms. The summed E-state index contributed by atoms with van der Waals surface area (Å²) in [5.74, 6) is 1.33. The summed E-state index contributed by atoms with van der Waals surface area (Å²) in [5.41, 5.74) is 2.39. The third-order valence-corrected chi connectivity index (χ3v) is 4.56. The van der Waals surface area contributed by atoms with Crippen molar-refractivity contribution in [1.29, 1.82) is 0 Å². The van der Waals surface area contributed by atoms with Crippen LogP contribution in [-0.2, 0) is 17.9 Å². The first kappa shape index (κ1) is 17.1. The molecule has 2 heterocycles. The average molecular weight is 364 g/mol. The maximum atomic E-state index is 12.4. The highest BCUT2D eigenvalue weighted by Gasteiger charge is 2.12. The third kappa shape index (κ3) is 3.65. The Bertz CT molecular complexity index is 993. The Labute approximate surface area is 156 Å². The van der Waals surface area contributed by atoms with E-state index in [2.05, 4.69) is 5.32 Å². The van der Waals surface area contributed by atoms with Crippen molar-refractivity contribution >= 4 is 23.1 Å². The van der Waals surface area contributed by atoms with E-state index >= 15 is 0 Å². The van der Waals surface area contributed by atoms with Gasteiger partial charge >= 0.3 is 0 Å². The molecule has 0 aliphatic carbocycles. The normalized spacial score (nSPS) is 13.2. The minimum absolute atomic E-state index is 0.125. The maximum absolute atomic E-state index is 12.4. The Morgan fingerprint density at radius 1 is 1.11 bits per heavy atom. The predicted octanol–water partition coefficient (Wildman–Crippen LogP) is 2.93. The summed E-state index contributed by atoms with van der Waals surface area (Å²) >= 11 is 0. The number of fused-ring (bicyclic) bond motifs is 2. The summed E-state index contributed by atoms with van der Waals surface area (Å²) in [6.07, 6.45) is 3.38. The molecule has 0 radical (unpaired) electrons. The fraction of sp³-hybridized carbons (Fsp3) is 0.238. The van der Waals surface area contributed by atoms with Gasteiger partial charge in [-0.3, -0.25) is 9.59 Å². The van der Waals surface area contributed by atoms with Crippen LogP contribution in [0.2, 0.25) is 0 Å². The number of amides is 1. The molecule has 27 heavy (non-hydrogen) atoms. The van der Waals surface area contributed by atoms with E-state index in [1.165, 1.54) is 0 Å². The summed E-state index contributed by atoms with van der Waals surface area (Å²) in [5, 5.41) is 3.77. The van der Waals surface area contributed by atoms with Crippen molar-refractivity contribution in [3.8, 4) is 11.5 Å². The molecule has 1 aliphatic heterocycles. The Morgan fingerprint density at radius 2 is 1.93 bits per heavy atom. The molecule has 1 amide bonds. The number of benzene rings is 2. The van der Waals surface area contributed by atoms with Crippen LogP contribution in [0.5, 0.6) is 11.5 Å². The molecule has 4 rings (SSSR count). The van der Waals surface area contributed by atoms with Gasteiger partial charge < -0.3 is 19.4 Å². The first-order valence-corrected chi connectivity index (χ1v) is 8.93. The largest absolute Gasteiger partial charge is 0.490 e. The number of nitrogens with zero attached hydrogens (tertiary/aromatic N) is 1. The molecule has 0 saturated heterocycles. The molecular formula is C21H20N2O4. The van der Waals surface area contributed by atoms with Crippen molar-refractivity contribution in [2.75, 3.05) is 13.2 Å². The molecule has 0 unspecified atom stereocenters. The van der Waals surface area contributed by atoms with Crippen LogP contribution in [0, 0.1) is 0 Å². The second-order valence-corrected chi connectivity index (χ2v) is 6.46. The van der Waals surface area contributed by atoms with Crippen LogP contribution in [0.4, 0.5) is 0 Å². The lowest BCUT2D eigenvalue weighted by Crippen LogP contribution is -2.26. The van der Waals surface area contributed by atoms with Crippen LogP contribution in [-0.4, -0.2) is 30.0 Å². The molecule has 0 bridgehead atoms. The van der Waals surface area contributed by atoms with Gasteiger partial charge in [0.2, 0.25) is 5.91 Å². The minimum atomic E-state index is -0.125. The van der Waals surface area contributed by atoms with Gasteiger partial charge in [0.1, 0.15) is 6.54 Å². The van der Waals surface area contributed by atoms with Crippen molar-refractivity contribution in [2.24, 2.45) is 0 Å². The molecule has 6 nitrogen and oxygen atoms in total. The zero-order valence-electron chi connectivity index (χ0n) is 14.8. The number of carbonyl (C=O) groups is 2. The number of hydrogen-bond donors (Lipinski definition) is 1. The smallest absolute Gasteiger partial charge is 0.240 e. The van der Waals surface area contributed by atoms with Gasteiger partial charge in [-0.1, -0.05) is 24.3 Å². The zero-order chi connectivity index (χ0) is 18.6. The zero-order valence-corrected chi connectivity index (χ0v) is 14.8. The Balaban J connectivity index is 1.43. The second-order valence-electron chi connectivity index (χ2n) is 6.46. The van der Waals surface area contributed by atoms with Crippen molar-refractivity contribution < 1.29 is 19.1 Å². The monoisotopic (exact) mass is 364 g/mol. The number of aldehydes is 1. The van der Waals surface area contributed by atoms with E-state index in [0.29, 0.717) is 31.1 Å². The SMILES string of the molecule is O=Cc1cn(CC(=O)NCc2ccc3c(c2)OCCCO3)c2ccccc12. The van der Waals surface area contributed by atoms with Gasteiger partial charge in [0.05, 0.1) is 13.2 Å². The van der Waals surface area contributed by atoms with Crippen LogP contribution < -0.4 is 14.8 Å². The lowest BCUT2D eigenvalue weighted by atomic mass is 10.2. The van der Waals surface area contributed by atoms with E-state index in [1.54, 1.807) is 10.8 Å². The number of aromatic nitrogens is 1. The topological polar surface area (TPSA) is 69.6 Å². The Kier molecular flexibility index (Phi) is 4.78. The van der Waals surface area contributed by atoms with Crippen LogP contribution in [0.25, 0.3) is 10.9 Å². The average Bonchev–Trinajstić information content (AvgIpc) is 2.87. The highest BCUT2D eigenvalue weighted by Crippen LogP contribution is 2.30. The van der Waals surface area contributed by atoms with Crippen molar-refractivity contribution in [3.05, 3.63) is 59.8 Å². The highest BCUT2D eigenvalue weighted by atomic mass is 16.5. The number of ether oxygens (including phenoxy) is 2. The quantitative estimate of drug-likeness (QED) is 0.707. The van der Waals surface area contributed by atoms with E-state index in [0.717, 1.165) is 34.9 Å². The molecule has 6 heteroatoms. The summed E-state index contributed by atoms with van der Waals surface area (Å²) in [6, 6.07) is 13.2. The molecule has 2 aromatic carbocycles. The molecule has 1 aliphatic rings. The van der Waals surface area contributed by atoms with Gasteiger partial charge in [0, 0.05) is 35.6 Å². The Morgan fingerprint density at radius 3 is 2.78 bits per heavy atom. The lowest BCUT2D eigenvalue weighted by Gasteiger charge is -2.11. The number of para-hydroxylation sites is 1. The first-order valence-electron chi connectivity index (χ1n) is 8.93. The van der Waals surface area contributed by atoms with Crippen molar-refractivity contribution in [1.82, 2.24) is 9.88 Å². The molecular weight excluding hydrogens is 344 g/mol. The van der Waals surface area contributed by atoms with E-state index in [4.69, 9.17) is 9.47 Å². The molecule has 0 fully saturated rings. The summed E-state index contributed by atoms with van der Waals surface area (Å²) in [4.78, 5) is 23.6. The van der Waals surface area contributed by atoms with Crippen molar-refractivity contribution in [3.63, 3.8) is 0 Å². The number of nitrogens with one attached hydrogen (secondary N) is 1. The minimum Gasteiger partial charge on any atom is -0.490 e. The number of carbonyl (C=O) groups excluding carboxylic acids is 2. The van der Waals surface area contributed by atoms with Gasteiger partial charge in [-0.15, -0.1) is 0 Å². The van der Waals surface area contributed by atoms with E-state index in [-0.39, 0.29) is 12.5 Å². The Hall–Kier alpha value is -3.28. The number of hydrogen-bond acceptors (Lipinski definition) is 4. The van der Waals surface area contributed by atoms with Crippen LogP contribution in [0.1, 0.15) is 22.3 Å². The standard InChI is InChI=1S/C21H20N2O4/c24-14-16-12-23(18-5-2-1-4-17(16)18)13-21(25)22-11-15-6-7-19-20(10-15)27-9-3-8-26-19/h1-2,4-7,10,12,14H,3,8-9,11,13H2,(H,22,25). The summed E-state index contributed by atoms with van der Waals surface area (Å²) in [7, 11) is 0. The highest BCUT2D eigenvalue weighted by molar-refractivity contribution is 5.98. The predicted molar refractivity (Wildman–Crippen MR) is 101 cm³/mol.